The van der Waals surface area contributed by atoms with Crippen LogP contribution < -0.4 is 0 Å². The van der Waals surface area contributed by atoms with Crippen LogP contribution in [-0.4, -0.2) is 19.7 Å². The van der Waals surface area contributed by atoms with E-state index < -0.39 is 0 Å². The fourth-order valence-electron chi connectivity index (χ4n) is 1.45. The van der Waals surface area contributed by atoms with Crippen LogP contribution in [0.25, 0.3) is 5.82 Å². The first kappa shape index (κ1) is 11.7. The molecule has 2 heterocycles. The smallest absolute Gasteiger partial charge is 0.171 e. The molecule has 2 rings (SSSR count). The minimum atomic E-state index is -0.383. The van der Waals surface area contributed by atoms with E-state index in [-0.39, 0.29) is 5.82 Å². The third kappa shape index (κ3) is 2.49. The molecule has 2 aromatic rings. The van der Waals surface area contributed by atoms with E-state index in [0.717, 1.165) is 11.9 Å². The topological polar surface area (TPSA) is 43.6 Å². The van der Waals surface area contributed by atoms with E-state index in [2.05, 4.69) is 35.8 Å². The van der Waals surface area contributed by atoms with Gasteiger partial charge in [0.25, 0.3) is 0 Å². The summed E-state index contributed by atoms with van der Waals surface area (Å²) < 4.78 is 14.2. The molecular formula is C12H15FN4. The van der Waals surface area contributed by atoms with Crippen LogP contribution in [0, 0.1) is 11.7 Å². The summed E-state index contributed by atoms with van der Waals surface area (Å²) in [4.78, 5) is 8.58. The van der Waals surface area contributed by atoms with Crippen molar-refractivity contribution in [3.8, 4) is 5.82 Å². The second-order valence-corrected chi connectivity index (χ2v) is 4.44. The highest BCUT2D eigenvalue weighted by molar-refractivity contribution is 5.19. The molecule has 0 aliphatic heterocycles. The van der Waals surface area contributed by atoms with Crippen molar-refractivity contribution in [1.29, 1.82) is 0 Å². The molecule has 0 spiro atoms. The van der Waals surface area contributed by atoms with Gasteiger partial charge < -0.3 is 0 Å². The van der Waals surface area contributed by atoms with Gasteiger partial charge in [0.1, 0.15) is 0 Å². The molecule has 2 aromatic heterocycles. The first-order chi connectivity index (χ1) is 8.08. The van der Waals surface area contributed by atoms with Crippen molar-refractivity contribution < 1.29 is 4.39 Å². The van der Waals surface area contributed by atoms with Gasteiger partial charge in [-0.15, -0.1) is 0 Å². The Bertz CT molecular complexity index is 489. The van der Waals surface area contributed by atoms with Gasteiger partial charge in [-0.3, -0.25) is 4.98 Å². The summed E-state index contributed by atoms with van der Waals surface area (Å²) in [5.74, 6) is 1.00. The lowest BCUT2D eigenvalue weighted by atomic mass is 9.95. The summed E-state index contributed by atoms with van der Waals surface area (Å²) in [6.45, 7) is 6.40. The summed E-state index contributed by atoms with van der Waals surface area (Å²) in [7, 11) is 0. The van der Waals surface area contributed by atoms with Crippen LogP contribution >= 0.6 is 0 Å². The average Bonchev–Trinajstić information content (AvgIpc) is 2.75. The highest BCUT2D eigenvalue weighted by Gasteiger charge is 2.12. The van der Waals surface area contributed by atoms with Crippen molar-refractivity contribution in [2.75, 3.05) is 0 Å². The second kappa shape index (κ2) is 4.61. The Hall–Kier alpha value is -1.78. The van der Waals surface area contributed by atoms with E-state index in [1.54, 1.807) is 12.4 Å². The number of rotatable bonds is 3. The van der Waals surface area contributed by atoms with Crippen LogP contribution in [0.2, 0.25) is 0 Å². The zero-order chi connectivity index (χ0) is 12.4. The molecule has 4 nitrogen and oxygen atoms in total. The van der Waals surface area contributed by atoms with Crippen molar-refractivity contribution in [3.63, 3.8) is 0 Å². The third-order valence-electron chi connectivity index (χ3n) is 2.91. The lowest BCUT2D eigenvalue weighted by Gasteiger charge is -2.14. The molecule has 1 atom stereocenters. The molecule has 5 heteroatoms. The van der Waals surface area contributed by atoms with Crippen molar-refractivity contribution in [1.82, 2.24) is 19.7 Å². The molecule has 0 aliphatic carbocycles. The standard InChI is InChI=1S/C12H15FN4/c1-8(2)9(3)11-5-15-12(6-14-11)17-7-10(13)4-16-17/h4-9H,1-3H3. The maximum absolute atomic E-state index is 12.8. The van der Waals surface area contributed by atoms with E-state index in [1.807, 2.05) is 0 Å². The monoisotopic (exact) mass is 234 g/mol. The molecule has 1 unspecified atom stereocenters. The van der Waals surface area contributed by atoms with Gasteiger partial charge in [-0.25, -0.2) is 14.1 Å². The molecule has 0 N–H and O–H groups in total. The lowest BCUT2D eigenvalue weighted by molar-refractivity contribution is 0.521. The fourth-order valence-corrected chi connectivity index (χ4v) is 1.45. The first-order valence-corrected chi connectivity index (χ1v) is 5.60. The Morgan fingerprint density at radius 1 is 1.12 bits per heavy atom. The number of hydrogen-bond acceptors (Lipinski definition) is 3. The molecule has 0 radical (unpaired) electrons. The van der Waals surface area contributed by atoms with Gasteiger partial charge in [0.2, 0.25) is 0 Å². The first-order valence-electron chi connectivity index (χ1n) is 5.60. The van der Waals surface area contributed by atoms with Crippen LogP contribution in [-0.2, 0) is 0 Å². The quantitative estimate of drug-likeness (QED) is 0.819. The Morgan fingerprint density at radius 3 is 2.35 bits per heavy atom. The van der Waals surface area contributed by atoms with Crippen LogP contribution in [0.5, 0.6) is 0 Å². The Kier molecular flexibility index (Phi) is 3.17. The van der Waals surface area contributed by atoms with Crippen molar-refractivity contribution in [3.05, 3.63) is 36.3 Å². The number of hydrogen-bond donors (Lipinski definition) is 0. The summed E-state index contributed by atoms with van der Waals surface area (Å²) in [5, 5.41) is 3.83. The second-order valence-electron chi connectivity index (χ2n) is 4.44. The summed E-state index contributed by atoms with van der Waals surface area (Å²) in [6, 6.07) is 0. The summed E-state index contributed by atoms with van der Waals surface area (Å²) in [5.41, 5.74) is 0.941. The normalized spacial score (nSPS) is 13.0. The summed E-state index contributed by atoms with van der Waals surface area (Å²) in [6.07, 6.45) is 5.75. The molecule has 0 fully saturated rings. The third-order valence-corrected chi connectivity index (χ3v) is 2.91. The van der Waals surface area contributed by atoms with E-state index >= 15 is 0 Å². The van der Waals surface area contributed by atoms with Gasteiger partial charge in [-0.05, 0) is 5.92 Å². The van der Waals surface area contributed by atoms with E-state index in [9.17, 15) is 4.39 Å². The number of nitrogens with zero attached hydrogens (tertiary/aromatic N) is 4. The van der Waals surface area contributed by atoms with E-state index in [0.29, 0.717) is 17.7 Å². The van der Waals surface area contributed by atoms with Crippen LogP contribution in [0.1, 0.15) is 32.4 Å². The number of halogens is 1. The molecule has 0 aliphatic rings. The molecule has 0 bridgehead atoms. The maximum atomic E-state index is 12.8. The van der Waals surface area contributed by atoms with Gasteiger partial charge in [-0.2, -0.15) is 5.10 Å². The minimum Gasteiger partial charge on any atom is -0.255 e. The maximum Gasteiger partial charge on any atom is 0.171 e. The summed E-state index contributed by atoms with van der Waals surface area (Å²) >= 11 is 0. The molecular weight excluding hydrogens is 219 g/mol. The predicted molar refractivity (Wildman–Crippen MR) is 62.4 cm³/mol. The molecule has 0 saturated carbocycles. The SMILES string of the molecule is CC(C)C(C)c1cnc(-n2cc(F)cn2)cn1. The van der Waals surface area contributed by atoms with Crippen molar-refractivity contribution in [2.45, 2.75) is 26.7 Å². The average molecular weight is 234 g/mol. The molecule has 0 aromatic carbocycles. The molecule has 0 amide bonds. The Labute approximate surface area is 99.5 Å². The van der Waals surface area contributed by atoms with Crippen LogP contribution in [0.3, 0.4) is 0 Å². The van der Waals surface area contributed by atoms with Gasteiger partial charge in [0.15, 0.2) is 11.6 Å². The highest BCUT2D eigenvalue weighted by atomic mass is 19.1. The zero-order valence-corrected chi connectivity index (χ0v) is 10.1. The lowest BCUT2D eigenvalue weighted by Crippen LogP contribution is -2.07. The molecule has 90 valence electrons. The van der Waals surface area contributed by atoms with Gasteiger partial charge in [-0.1, -0.05) is 20.8 Å². The van der Waals surface area contributed by atoms with Gasteiger partial charge >= 0.3 is 0 Å². The highest BCUT2D eigenvalue weighted by Crippen LogP contribution is 2.21. The van der Waals surface area contributed by atoms with E-state index in [1.165, 1.54) is 10.9 Å². The van der Waals surface area contributed by atoms with Crippen molar-refractivity contribution >= 4 is 0 Å². The van der Waals surface area contributed by atoms with E-state index in [4.69, 9.17) is 0 Å². The Morgan fingerprint density at radius 2 is 1.88 bits per heavy atom. The fraction of sp³-hybridized carbons (Fsp3) is 0.417. The number of aromatic nitrogens is 4. The predicted octanol–water partition coefficient (Wildman–Crippen LogP) is 2.56. The Balaban J connectivity index is 2.24. The van der Waals surface area contributed by atoms with Gasteiger partial charge in [0.05, 0.1) is 30.5 Å². The minimum absolute atomic E-state index is 0.353. The van der Waals surface area contributed by atoms with Crippen LogP contribution in [0.15, 0.2) is 24.8 Å². The van der Waals surface area contributed by atoms with Crippen molar-refractivity contribution in [2.24, 2.45) is 5.92 Å². The van der Waals surface area contributed by atoms with Crippen LogP contribution in [0.4, 0.5) is 4.39 Å². The largest absolute Gasteiger partial charge is 0.255 e. The van der Waals surface area contributed by atoms with Gasteiger partial charge in [0, 0.05) is 5.92 Å². The molecule has 0 saturated heterocycles. The zero-order valence-electron chi connectivity index (χ0n) is 10.1. The molecule has 17 heavy (non-hydrogen) atoms.